The Morgan fingerprint density at radius 3 is 2.76 bits per heavy atom. The fourth-order valence-corrected chi connectivity index (χ4v) is 3.94. The minimum absolute atomic E-state index is 0.0850. The number of fused-ring (bicyclic) bond motifs is 2. The summed E-state index contributed by atoms with van der Waals surface area (Å²) in [7, 11) is 0. The molecule has 138 valence electrons. The molecular weight excluding hydrogens is 358 g/mol. The first-order chi connectivity index (χ1) is 14.3. The molecule has 0 amide bonds. The fourth-order valence-electron chi connectivity index (χ4n) is 3.94. The Labute approximate surface area is 168 Å². The van der Waals surface area contributed by atoms with E-state index in [0.717, 1.165) is 51.9 Å². The van der Waals surface area contributed by atoms with E-state index >= 15 is 0 Å². The summed E-state index contributed by atoms with van der Waals surface area (Å²) in [6.07, 6.45) is 9.09. The van der Waals surface area contributed by atoms with Crippen LogP contribution in [0.4, 0.5) is 5.69 Å². The summed E-state index contributed by atoms with van der Waals surface area (Å²) in [6, 6.07) is 18.0. The van der Waals surface area contributed by atoms with Gasteiger partial charge in [-0.1, -0.05) is 6.07 Å². The molecule has 0 bridgehead atoms. The molecule has 0 saturated carbocycles. The Morgan fingerprint density at radius 1 is 0.931 bits per heavy atom. The quantitative estimate of drug-likeness (QED) is 0.483. The van der Waals surface area contributed by atoms with Gasteiger partial charge in [-0.15, -0.1) is 0 Å². The molecular formula is C24H17N5. The lowest BCUT2D eigenvalue weighted by atomic mass is 9.87. The second-order valence-corrected chi connectivity index (χ2v) is 7.03. The monoisotopic (exact) mass is 375 g/mol. The molecule has 4 heterocycles. The molecule has 0 saturated heterocycles. The fraction of sp³-hybridized carbons (Fsp3) is 0.125. The number of benzene rings is 1. The van der Waals surface area contributed by atoms with E-state index < -0.39 is 0 Å². The van der Waals surface area contributed by atoms with Gasteiger partial charge < -0.3 is 0 Å². The van der Waals surface area contributed by atoms with Crippen molar-refractivity contribution in [3.63, 3.8) is 0 Å². The molecule has 1 aliphatic rings. The van der Waals surface area contributed by atoms with Gasteiger partial charge in [-0.05, 0) is 66.4 Å². The molecule has 3 aromatic heterocycles. The molecule has 1 aromatic carbocycles. The van der Waals surface area contributed by atoms with Crippen molar-refractivity contribution < 1.29 is 0 Å². The Balaban J connectivity index is 1.70. The predicted octanol–water partition coefficient (Wildman–Crippen LogP) is 5.19. The molecule has 0 fully saturated rings. The van der Waals surface area contributed by atoms with Crippen LogP contribution in [0.5, 0.6) is 0 Å². The number of nitriles is 1. The highest BCUT2D eigenvalue weighted by molar-refractivity contribution is 5.91. The lowest BCUT2D eigenvalue weighted by Crippen LogP contribution is -2.04. The summed E-state index contributed by atoms with van der Waals surface area (Å²) in [6.45, 7) is 0. The molecule has 0 N–H and O–H groups in total. The largest absolute Gasteiger partial charge is 0.259 e. The van der Waals surface area contributed by atoms with Crippen LogP contribution in [0, 0.1) is 11.3 Å². The molecule has 1 atom stereocenters. The van der Waals surface area contributed by atoms with Crippen molar-refractivity contribution in [2.24, 2.45) is 4.99 Å². The molecule has 0 radical (unpaired) electrons. The van der Waals surface area contributed by atoms with Gasteiger partial charge in [0.05, 0.1) is 34.0 Å². The first-order valence-electron chi connectivity index (χ1n) is 9.56. The third-order valence-electron chi connectivity index (χ3n) is 5.26. The smallest absolute Gasteiger partial charge is 0.0991 e. The maximum atomic E-state index is 9.68. The number of hydrogen-bond acceptors (Lipinski definition) is 5. The van der Waals surface area contributed by atoms with E-state index in [4.69, 9.17) is 0 Å². The normalized spacial score (nSPS) is 15.5. The van der Waals surface area contributed by atoms with Gasteiger partial charge in [0.1, 0.15) is 0 Å². The lowest BCUT2D eigenvalue weighted by Gasteiger charge is -2.18. The van der Waals surface area contributed by atoms with Crippen LogP contribution in [0.25, 0.3) is 22.2 Å². The average Bonchev–Trinajstić information content (AvgIpc) is 3.01. The molecule has 29 heavy (non-hydrogen) atoms. The van der Waals surface area contributed by atoms with Crippen LogP contribution in [-0.4, -0.2) is 21.2 Å². The highest BCUT2D eigenvalue weighted by Gasteiger charge is 2.22. The van der Waals surface area contributed by atoms with E-state index in [2.05, 4.69) is 32.1 Å². The lowest BCUT2D eigenvalue weighted by molar-refractivity contribution is 0.732. The highest BCUT2D eigenvalue weighted by Crippen LogP contribution is 2.38. The van der Waals surface area contributed by atoms with Crippen molar-refractivity contribution >= 4 is 22.9 Å². The van der Waals surface area contributed by atoms with Crippen LogP contribution in [0.1, 0.15) is 35.6 Å². The Morgan fingerprint density at radius 2 is 1.83 bits per heavy atom. The van der Waals surface area contributed by atoms with E-state index in [1.807, 2.05) is 54.9 Å². The van der Waals surface area contributed by atoms with E-state index in [1.54, 1.807) is 12.4 Å². The number of aliphatic imine (C=N–C) groups is 1. The van der Waals surface area contributed by atoms with Crippen LogP contribution in [0.2, 0.25) is 0 Å². The molecule has 5 nitrogen and oxygen atoms in total. The number of nitrogens with zero attached hydrogens (tertiary/aromatic N) is 5. The molecule has 1 unspecified atom stereocenters. The van der Waals surface area contributed by atoms with Crippen molar-refractivity contribution in [3.05, 3.63) is 83.9 Å². The van der Waals surface area contributed by atoms with Gasteiger partial charge >= 0.3 is 0 Å². The maximum absolute atomic E-state index is 9.68. The van der Waals surface area contributed by atoms with E-state index in [0.29, 0.717) is 5.56 Å². The van der Waals surface area contributed by atoms with Crippen molar-refractivity contribution in [1.29, 1.82) is 5.26 Å². The molecule has 5 heteroatoms. The van der Waals surface area contributed by atoms with Gasteiger partial charge in [0, 0.05) is 36.3 Å². The first-order valence-corrected chi connectivity index (χ1v) is 9.56. The number of hydrogen-bond donors (Lipinski definition) is 0. The molecule has 0 spiro atoms. The Kier molecular flexibility index (Phi) is 4.30. The van der Waals surface area contributed by atoms with Crippen molar-refractivity contribution in [2.75, 3.05) is 0 Å². The van der Waals surface area contributed by atoms with Crippen molar-refractivity contribution in [1.82, 2.24) is 15.0 Å². The molecule has 1 aliphatic heterocycles. The zero-order valence-electron chi connectivity index (χ0n) is 15.7. The SMILES string of the molecule is N#Cc1cc(-c2ccnc3cccnc23)cc(C2CCC=Nc3cccnc32)c1. The van der Waals surface area contributed by atoms with Crippen LogP contribution >= 0.6 is 0 Å². The zero-order valence-corrected chi connectivity index (χ0v) is 15.7. The second kappa shape index (κ2) is 7.25. The zero-order chi connectivity index (χ0) is 19.6. The average molecular weight is 375 g/mol. The summed E-state index contributed by atoms with van der Waals surface area (Å²) < 4.78 is 0. The van der Waals surface area contributed by atoms with Gasteiger partial charge in [-0.3, -0.25) is 19.9 Å². The van der Waals surface area contributed by atoms with Crippen molar-refractivity contribution in [3.8, 4) is 17.2 Å². The van der Waals surface area contributed by atoms with Gasteiger partial charge in [-0.25, -0.2) is 0 Å². The van der Waals surface area contributed by atoms with Gasteiger partial charge in [0.25, 0.3) is 0 Å². The third kappa shape index (κ3) is 3.15. The van der Waals surface area contributed by atoms with Crippen LogP contribution < -0.4 is 0 Å². The number of aromatic nitrogens is 3. The summed E-state index contributed by atoms with van der Waals surface area (Å²) in [5.41, 5.74) is 7.16. The minimum Gasteiger partial charge on any atom is -0.259 e. The van der Waals surface area contributed by atoms with Gasteiger partial charge in [0.2, 0.25) is 0 Å². The van der Waals surface area contributed by atoms with Gasteiger partial charge in [0.15, 0.2) is 0 Å². The summed E-state index contributed by atoms with van der Waals surface area (Å²) in [5, 5.41) is 9.68. The number of rotatable bonds is 2. The predicted molar refractivity (Wildman–Crippen MR) is 113 cm³/mol. The Bertz CT molecular complexity index is 1280. The van der Waals surface area contributed by atoms with Crippen LogP contribution in [-0.2, 0) is 0 Å². The standard InChI is InChI=1S/C24H17N5/c25-15-16-12-17(19-4-1-8-26-21-5-2-9-28-23(19)21)14-18(13-16)20-7-11-27-22-6-3-10-29-24(20)22/h2-3,5-14,19H,1,4H2. The second-order valence-electron chi connectivity index (χ2n) is 7.03. The molecule has 0 aliphatic carbocycles. The molecule has 4 aromatic rings. The highest BCUT2D eigenvalue weighted by atomic mass is 14.8. The number of pyridine rings is 3. The maximum Gasteiger partial charge on any atom is 0.0991 e. The van der Waals surface area contributed by atoms with E-state index in [1.165, 1.54) is 0 Å². The topological polar surface area (TPSA) is 74.8 Å². The summed E-state index contributed by atoms with van der Waals surface area (Å²) >= 11 is 0. The first kappa shape index (κ1) is 17.2. The van der Waals surface area contributed by atoms with Crippen LogP contribution in [0.15, 0.2) is 72.1 Å². The Hall–Kier alpha value is -3.91. The third-order valence-corrected chi connectivity index (χ3v) is 5.26. The molecule has 5 rings (SSSR count). The van der Waals surface area contributed by atoms with Crippen LogP contribution in [0.3, 0.4) is 0 Å². The summed E-state index contributed by atoms with van der Waals surface area (Å²) in [5.74, 6) is 0.0850. The van der Waals surface area contributed by atoms with Gasteiger partial charge in [-0.2, -0.15) is 5.26 Å². The van der Waals surface area contributed by atoms with Crippen molar-refractivity contribution in [2.45, 2.75) is 18.8 Å². The summed E-state index contributed by atoms with van der Waals surface area (Å²) in [4.78, 5) is 18.1. The van der Waals surface area contributed by atoms with E-state index in [9.17, 15) is 5.26 Å². The minimum atomic E-state index is 0.0850. The van der Waals surface area contributed by atoms with E-state index in [-0.39, 0.29) is 5.92 Å².